The number of rotatable bonds is 7. The summed E-state index contributed by atoms with van der Waals surface area (Å²) in [6.07, 6.45) is 6.58. The fraction of sp³-hybridized carbons (Fsp3) is 0.647. The summed E-state index contributed by atoms with van der Waals surface area (Å²) in [5.41, 5.74) is 3.51. The summed E-state index contributed by atoms with van der Waals surface area (Å²) in [5.74, 6) is 0. The number of nitrogens with one attached hydrogen (secondary N) is 1. The summed E-state index contributed by atoms with van der Waals surface area (Å²) < 4.78 is 0. The third kappa shape index (κ3) is 3.35. The number of hydrogen-bond acceptors (Lipinski definition) is 1. The number of benzene rings is 1. The van der Waals surface area contributed by atoms with Gasteiger partial charge in [-0.1, -0.05) is 44.5 Å². The third-order valence-corrected chi connectivity index (χ3v) is 4.51. The second-order valence-electron chi connectivity index (χ2n) is 5.95. The highest BCUT2D eigenvalue weighted by Crippen LogP contribution is 2.48. The molecule has 1 aliphatic carbocycles. The van der Waals surface area contributed by atoms with Gasteiger partial charge in [-0.15, -0.1) is 0 Å². The molecule has 1 saturated carbocycles. The smallest absolute Gasteiger partial charge is 0.0292 e. The van der Waals surface area contributed by atoms with Crippen molar-refractivity contribution in [2.45, 2.75) is 58.9 Å². The predicted octanol–water partition coefficient (Wildman–Crippen LogP) is 4.48. The Kier molecular flexibility index (Phi) is 4.45. The Balaban J connectivity index is 1.86. The molecule has 0 radical (unpaired) electrons. The highest BCUT2D eigenvalue weighted by molar-refractivity contribution is 5.24. The topological polar surface area (TPSA) is 12.0 Å². The van der Waals surface area contributed by atoms with E-state index in [9.17, 15) is 0 Å². The summed E-state index contributed by atoms with van der Waals surface area (Å²) in [6.45, 7) is 8.01. The lowest BCUT2D eigenvalue weighted by atomic mass is 10.0. The standard InChI is InChI=1S/C17H27N/c1-4-6-15-7-9-16(10-8-15)14(3)18-13-17(5-2)11-12-17/h7-10,14,18H,4-6,11-13H2,1-3H3. The Morgan fingerprint density at radius 2 is 1.83 bits per heavy atom. The summed E-state index contributed by atoms with van der Waals surface area (Å²) in [7, 11) is 0. The Bertz CT molecular complexity index is 362. The van der Waals surface area contributed by atoms with Crippen molar-refractivity contribution in [1.29, 1.82) is 0 Å². The lowest BCUT2D eigenvalue weighted by Gasteiger charge is -2.19. The van der Waals surface area contributed by atoms with E-state index in [1.54, 1.807) is 0 Å². The average Bonchev–Trinajstić information content (AvgIpc) is 3.18. The molecule has 1 atom stereocenters. The summed E-state index contributed by atoms with van der Waals surface area (Å²) in [6, 6.07) is 9.61. The normalized spacial score (nSPS) is 18.6. The average molecular weight is 245 g/mol. The van der Waals surface area contributed by atoms with Gasteiger partial charge in [-0.25, -0.2) is 0 Å². The second-order valence-corrected chi connectivity index (χ2v) is 5.95. The maximum Gasteiger partial charge on any atom is 0.0292 e. The van der Waals surface area contributed by atoms with Crippen LogP contribution in [-0.2, 0) is 6.42 Å². The number of aryl methyl sites for hydroxylation is 1. The first-order valence-corrected chi connectivity index (χ1v) is 7.51. The van der Waals surface area contributed by atoms with Gasteiger partial charge >= 0.3 is 0 Å². The van der Waals surface area contributed by atoms with E-state index in [0.29, 0.717) is 11.5 Å². The maximum atomic E-state index is 3.70. The van der Waals surface area contributed by atoms with Crippen molar-refractivity contribution in [2.24, 2.45) is 5.41 Å². The molecule has 0 bridgehead atoms. The van der Waals surface area contributed by atoms with Crippen molar-refractivity contribution in [3.05, 3.63) is 35.4 Å². The molecule has 1 aromatic rings. The van der Waals surface area contributed by atoms with Gasteiger partial charge in [-0.3, -0.25) is 0 Å². The molecule has 1 unspecified atom stereocenters. The van der Waals surface area contributed by atoms with Crippen LogP contribution in [-0.4, -0.2) is 6.54 Å². The lowest BCUT2D eigenvalue weighted by Crippen LogP contribution is -2.26. The van der Waals surface area contributed by atoms with E-state index in [0.717, 1.165) is 0 Å². The molecule has 2 rings (SSSR count). The van der Waals surface area contributed by atoms with Crippen molar-refractivity contribution >= 4 is 0 Å². The van der Waals surface area contributed by atoms with Gasteiger partial charge in [0.2, 0.25) is 0 Å². The fourth-order valence-corrected chi connectivity index (χ4v) is 2.58. The van der Waals surface area contributed by atoms with Crippen molar-refractivity contribution in [3.8, 4) is 0 Å². The monoisotopic (exact) mass is 245 g/mol. The summed E-state index contributed by atoms with van der Waals surface area (Å²) in [5, 5.41) is 3.70. The van der Waals surface area contributed by atoms with E-state index < -0.39 is 0 Å². The zero-order valence-electron chi connectivity index (χ0n) is 12.1. The van der Waals surface area contributed by atoms with Crippen LogP contribution >= 0.6 is 0 Å². The van der Waals surface area contributed by atoms with Crippen LogP contribution < -0.4 is 5.32 Å². The molecule has 18 heavy (non-hydrogen) atoms. The molecule has 0 aromatic heterocycles. The molecule has 1 N–H and O–H groups in total. The van der Waals surface area contributed by atoms with Crippen LogP contribution in [0.15, 0.2) is 24.3 Å². The van der Waals surface area contributed by atoms with Crippen LogP contribution in [0.3, 0.4) is 0 Å². The highest BCUT2D eigenvalue weighted by atomic mass is 14.9. The molecule has 1 aliphatic rings. The van der Waals surface area contributed by atoms with Crippen LogP contribution in [0.1, 0.15) is 63.6 Å². The van der Waals surface area contributed by atoms with Gasteiger partial charge in [0, 0.05) is 12.6 Å². The van der Waals surface area contributed by atoms with E-state index in [4.69, 9.17) is 0 Å². The Morgan fingerprint density at radius 1 is 1.17 bits per heavy atom. The molecule has 1 nitrogen and oxygen atoms in total. The zero-order chi connectivity index (χ0) is 13.0. The summed E-state index contributed by atoms with van der Waals surface area (Å²) in [4.78, 5) is 0. The van der Waals surface area contributed by atoms with Crippen molar-refractivity contribution in [2.75, 3.05) is 6.54 Å². The minimum Gasteiger partial charge on any atom is -0.310 e. The van der Waals surface area contributed by atoms with E-state index >= 15 is 0 Å². The van der Waals surface area contributed by atoms with Crippen molar-refractivity contribution < 1.29 is 0 Å². The summed E-state index contributed by atoms with van der Waals surface area (Å²) >= 11 is 0. The van der Waals surface area contributed by atoms with Gasteiger partial charge in [0.05, 0.1) is 0 Å². The Hall–Kier alpha value is -0.820. The van der Waals surface area contributed by atoms with E-state index in [-0.39, 0.29) is 0 Å². The van der Waals surface area contributed by atoms with Gasteiger partial charge in [0.25, 0.3) is 0 Å². The van der Waals surface area contributed by atoms with Gasteiger partial charge in [0.1, 0.15) is 0 Å². The molecule has 0 heterocycles. The predicted molar refractivity (Wildman–Crippen MR) is 78.8 cm³/mol. The molecular weight excluding hydrogens is 218 g/mol. The first-order valence-electron chi connectivity index (χ1n) is 7.51. The molecule has 0 spiro atoms. The molecule has 100 valence electrons. The van der Waals surface area contributed by atoms with Gasteiger partial charge in [0.15, 0.2) is 0 Å². The molecule has 1 aromatic carbocycles. The molecule has 1 fully saturated rings. The van der Waals surface area contributed by atoms with E-state index in [2.05, 4.69) is 50.4 Å². The SMILES string of the molecule is CCCc1ccc(C(C)NCC2(CC)CC2)cc1. The minimum absolute atomic E-state index is 0.477. The highest BCUT2D eigenvalue weighted by Gasteiger charge is 2.40. The van der Waals surface area contributed by atoms with Crippen LogP contribution in [0, 0.1) is 5.41 Å². The zero-order valence-corrected chi connectivity index (χ0v) is 12.1. The number of hydrogen-bond donors (Lipinski definition) is 1. The molecule has 1 heteroatoms. The first-order chi connectivity index (χ1) is 8.69. The van der Waals surface area contributed by atoms with Crippen molar-refractivity contribution in [1.82, 2.24) is 5.32 Å². The minimum atomic E-state index is 0.477. The largest absolute Gasteiger partial charge is 0.310 e. The van der Waals surface area contributed by atoms with Gasteiger partial charge in [-0.2, -0.15) is 0 Å². The van der Waals surface area contributed by atoms with Gasteiger partial charge < -0.3 is 5.32 Å². The van der Waals surface area contributed by atoms with Crippen LogP contribution in [0.4, 0.5) is 0 Å². The second kappa shape index (κ2) is 5.88. The van der Waals surface area contributed by atoms with E-state index in [1.165, 1.54) is 49.8 Å². The third-order valence-electron chi connectivity index (χ3n) is 4.51. The Labute approximate surface area is 112 Å². The molecular formula is C17H27N. The lowest BCUT2D eigenvalue weighted by molar-refractivity contribution is 0.415. The quantitative estimate of drug-likeness (QED) is 0.747. The molecule has 0 saturated heterocycles. The fourth-order valence-electron chi connectivity index (χ4n) is 2.58. The molecule has 0 aliphatic heterocycles. The Morgan fingerprint density at radius 3 is 2.33 bits per heavy atom. The van der Waals surface area contributed by atoms with E-state index in [1.807, 2.05) is 0 Å². The maximum absolute atomic E-state index is 3.70. The van der Waals surface area contributed by atoms with Crippen LogP contribution in [0.5, 0.6) is 0 Å². The van der Waals surface area contributed by atoms with Crippen molar-refractivity contribution in [3.63, 3.8) is 0 Å². The first kappa shape index (κ1) is 13.6. The van der Waals surface area contributed by atoms with Crippen LogP contribution in [0.2, 0.25) is 0 Å². The molecule has 0 amide bonds. The van der Waals surface area contributed by atoms with Gasteiger partial charge in [-0.05, 0) is 49.1 Å². The van der Waals surface area contributed by atoms with Crippen LogP contribution in [0.25, 0.3) is 0 Å².